The summed E-state index contributed by atoms with van der Waals surface area (Å²) in [5, 5.41) is 10.6. The summed E-state index contributed by atoms with van der Waals surface area (Å²) in [4.78, 5) is 24.5. The Morgan fingerprint density at radius 1 is 1.39 bits per heavy atom. The Morgan fingerprint density at radius 3 is 2.87 bits per heavy atom. The molecule has 7 nitrogen and oxygen atoms in total. The van der Waals surface area contributed by atoms with Crippen LogP contribution in [0.3, 0.4) is 0 Å². The summed E-state index contributed by atoms with van der Waals surface area (Å²) in [7, 11) is 3.09. The summed E-state index contributed by atoms with van der Waals surface area (Å²) in [5.41, 5.74) is 0.793. The van der Waals surface area contributed by atoms with Gasteiger partial charge in [0.2, 0.25) is 17.7 Å². The van der Waals surface area contributed by atoms with Gasteiger partial charge in [-0.05, 0) is 18.2 Å². The van der Waals surface area contributed by atoms with Gasteiger partial charge in [-0.2, -0.15) is 0 Å². The molecule has 23 heavy (non-hydrogen) atoms. The van der Waals surface area contributed by atoms with E-state index in [-0.39, 0.29) is 24.1 Å². The van der Waals surface area contributed by atoms with Crippen LogP contribution in [0.4, 0.5) is 0 Å². The highest BCUT2D eigenvalue weighted by molar-refractivity contribution is 9.10. The minimum absolute atomic E-state index is 0.0169. The van der Waals surface area contributed by atoms with Gasteiger partial charge in [-0.15, -0.1) is 10.2 Å². The maximum atomic E-state index is 11.9. The van der Waals surface area contributed by atoms with Gasteiger partial charge in [-0.25, -0.2) is 0 Å². The van der Waals surface area contributed by atoms with Crippen LogP contribution >= 0.6 is 27.7 Å². The second-order valence-electron chi connectivity index (χ2n) is 4.60. The van der Waals surface area contributed by atoms with Crippen molar-refractivity contribution < 1.29 is 14.0 Å². The SMILES string of the molecule is CNC(=O)CN(C)C(=O)CSc1nnc(-c2cccc(Br)c2)o1. The zero-order valence-electron chi connectivity index (χ0n) is 12.6. The second-order valence-corrected chi connectivity index (χ2v) is 6.44. The summed E-state index contributed by atoms with van der Waals surface area (Å²) in [5.74, 6) is 0.0921. The van der Waals surface area contributed by atoms with Gasteiger partial charge in [0.05, 0.1) is 12.3 Å². The lowest BCUT2D eigenvalue weighted by molar-refractivity contribution is -0.132. The predicted octanol–water partition coefficient (Wildman–Crippen LogP) is 1.80. The molecule has 0 aliphatic heterocycles. The van der Waals surface area contributed by atoms with E-state index in [9.17, 15) is 9.59 Å². The van der Waals surface area contributed by atoms with Crippen molar-refractivity contribution in [1.29, 1.82) is 0 Å². The Balaban J connectivity index is 1.92. The van der Waals surface area contributed by atoms with Crippen LogP contribution in [0.15, 0.2) is 38.4 Å². The molecular weight excluding hydrogens is 384 g/mol. The third kappa shape index (κ3) is 5.07. The summed E-state index contributed by atoms with van der Waals surface area (Å²) in [6.07, 6.45) is 0. The number of hydrogen-bond acceptors (Lipinski definition) is 6. The number of carbonyl (C=O) groups excluding carboxylic acids is 2. The van der Waals surface area contributed by atoms with Crippen LogP contribution in [0.5, 0.6) is 0 Å². The first-order valence-corrected chi connectivity index (χ1v) is 8.44. The topological polar surface area (TPSA) is 88.3 Å². The van der Waals surface area contributed by atoms with Gasteiger partial charge in [0.1, 0.15) is 0 Å². The van der Waals surface area contributed by atoms with E-state index in [2.05, 4.69) is 31.4 Å². The van der Waals surface area contributed by atoms with E-state index < -0.39 is 0 Å². The standard InChI is InChI=1S/C14H15BrN4O3S/c1-16-11(20)7-19(2)12(21)8-23-14-18-17-13(22-14)9-4-3-5-10(15)6-9/h3-6H,7-8H2,1-2H3,(H,16,20). The van der Waals surface area contributed by atoms with Gasteiger partial charge < -0.3 is 14.6 Å². The molecule has 2 amide bonds. The number of amides is 2. The van der Waals surface area contributed by atoms with Crippen LogP contribution < -0.4 is 5.32 Å². The van der Waals surface area contributed by atoms with Crippen LogP contribution in [0, 0.1) is 0 Å². The van der Waals surface area contributed by atoms with Crippen LogP contribution in [0.25, 0.3) is 11.5 Å². The van der Waals surface area contributed by atoms with Gasteiger partial charge in [0.15, 0.2) is 0 Å². The number of aromatic nitrogens is 2. The van der Waals surface area contributed by atoms with Crippen LogP contribution in [0.1, 0.15) is 0 Å². The highest BCUT2D eigenvalue weighted by Gasteiger charge is 2.15. The monoisotopic (exact) mass is 398 g/mol. The van der Waals surface area contributed by atoms with Gasteiger partial charge in [-0.1, -0.05) is 33.8 Å². The predicted molar refractivity (Wildman–Crippen MR) is 89.9 cm³/mol. The smallest absolute Gasteiger partial charge is 0.277 e. The fraction of sp³-hybridized carbons (Fsp3) is 0.286. The highest BCUT2D eigenvalue weighted by Crippen LogP contribution is 2.25. The molecular formula is C14H15BrN4O3S. The van der Waals surface area contributed by atoms with Gasteiger partial charge >= 0.3 is 0 Å². The largest absolute Gasteiger partial charge is 0.411 e. The first kappa shape index (κ1) is 17.5. The van der Waals surface area contributed by atoms with Crippen molar-refractivity contribution in [2.45, 2.75) is 5.22 Å². The molecule has 0 saturated carbocycles. The number of likely N-dealkylation sites (N-methyl/N-ethyl adjacent to an activating group) is 2. The van der Waals surface area contributed by atoms with Crippen molar-refractivity contribution in [2.24, 2.45) is 0 Å². The molecule has 0 bridgehead atoms. The Kier molecular flexibility index (Phi) is 6.17. The highest BCUT2D eigenvalue weighted by atomic mass is 79.9. The van der Waals surface area contributed by atoms with Gasteiger partial charge in [0.25, 0.3) is 5.22 Å². The Hall–Kier alpha value is -1.87. The number of thioether (sulfide) groups is 1. The third-order valence-electron chi connectivity index (χ3n) is 2.88. The number of hydrogen-bond donors (Lipinski definition) is 1. The minimum Gasteiger partial charge on any atom is -0.411 e. The van der Waals surface area contributed by atoms with Crippen molar-refractivity contribution in [3.05, 3.63) is 28.7 Å². The van der Waals surface area contributed by atoms with E-state index in [4.69, 9.17) is 4.42 Å². The lowest BCUT2D eigenvalue weighted by Gasteiger charge is -2.14. The first-order chi connectivity index (χ1) is 11.0. The first-order valence-electron chi connectivity index (χ1n) is 6.66. The molecule has 0 spiro atoms. The van der Waals surface area contributed by atoms with Crippen molar-refractivity contribution in [3.8, 4) is 11.5 Å². The zero-order chi connectivity index (χ0) is 16.8. The second kappa shape index (κ2) is 8.11. The van der Waals surface area contributed by atoms with Crippen molar-refractivity contribution in [3.63, 3.8) is 0 Å². The molecule has 1 aromatic heterocycles. The van der Waals surface area contributed by atoms with E-state index in [1.807, 2.05) is 24.3 Å². The number of nitrogens with zero attached hydrogens (tertiary/aromatic N) is 3. The molecule has 0 unspecified atom stereocenters. The number of halogens is 1. The molecule has 1 heterocycles. The molecule has 0 fully saturated rings. The molecule has 122 valence electrons. The van der Waals surface area contributed by atoms with E-state index in [1.54, 1.807) is 7.05 Å². The molecule has 2 aromatic rings. The summed E-state index contributed by atoms with van der Waals surface area (Å²) >= 11 is 4.52. The molecule has 9 heteroatoms. The van der Waals surface area contributed by atoms with Crippen molar-refractivity contribution >= 4 is 39.5 Å². The zero-order valence-corrected chi connectivity index (χ0v) is 15.0. The van der Waals surface area contributed by atoms with Gasteiger partial charge in [-0.3, -0.25) is 9.59 Å². The van der Waals surface area contributed by atoms with Crippen molar-refractivity contribution in [2.75, 3.05) is 26.4 Å². The lowest BCUT2D eigenvalue weighted by atomic mass is 10.2. The Morgan fingerprint density at radius 2 is 2.17 bits per heavy atom. The fourth-order valence-corrected chi connectivity index (χ4v) is 2.73. The molecule has 2 rings (SSSR count). The molecule has 0 aliphatic carbocycles. The number of rotatable bonds is 6. The fourth-order valence-electron chi connectivity index (χ4n) is 1.62. The quantitative estimate of drug-likeness (QED) is 0.746. The van der Waals surface area contributed by atoms with Crippen molar-refractivity contribution in [1.82, 2.24) is 20.4 Å². The summed E-state index contributed by atoms with van der Waals surface area (Å²) in [6, 6.07) is 7.49. The maximum Gasteiger partial charge on any atom is 0.277 e. The van der Waals surface area contributed by atoms with E-state index in [1.165, 1.54) is 11.9 Å². The third-order valence-corrected chi connectivity index (χ3v) is 4.18. The Bertz CT molecular complexity index is 707. The van der Waals surface area contributed by atoms with E-state index >= 15 is 0 Å². The molecule has 0 radical (unpaired) electrons. The molecule has 1 aromatic carbocycles. The molecule has 0 atom stereocenters. The Labute approximate surface area is 146 Å². The average Bonchev–Trinajstić information content (AvgIpc) is 3.01. The van der Waals surface area contributed by atoms with E-state index in [0.29, 0.717) is 11.1 Å². The van der Waals surface area contributed by atoms with Crippen LogP contribution in [-0.4, -0.2) is 53.3 Å². The number of nitrogens with one attached hydrogen (secondary N) is 1. The molecule has 0 aliphatic rings. The van der Waals surface area contributed by atoms with Gasteiger partial charge in [0, 0.05) is 24.1 Å². The lowest BCUT2D eigenvalue weighted by Crippen LogP contribution is -2.37. The minimum atomic E-state index is -0.222. The maximum absolute atomic E-state index is 11.9. The molecule has 0 saturated heterocycles. The number of benzene rings is 1. The summed E-state index contributed by atoms with van der Waals surface area (Å²) in [6.45, 7) is 0.0169. The van der Waals surface area contributed by atoms with Crippen LogP contribution in [0.2, 0.25) is 0 Å². The average molecular weight is 399 g/mol. The normalized spacial score (nSPS) is 10.4. The van der Waals surface area contributed by atoms with E-state index in [0.717, 1.165) is 21.8 Å². The summed E-state index contributed by atoms with van der Waals surface area (Å²) < 4.78 is 6.44. The van der Waals surface area contributed by atoms with Crippen LogP contribution in [-0.2, 0) is 9.59 Å². The number of carbonyl (C=O) groups is 2. The molecule has 1 N–H and O–H groups in total.